The molecule has 0 spiro atoms. The first-order valence-electron chi connectivity index (χ1n) is 9.08. The Morgan fingerprint density at radius 1 is 0.821 bits per heavy atom. The number of cyclic esters (lactones) is 1. The first kappa shape index (κ1) is 17.7. The van der Waals surface area contributed by atoms with Crippen molar-refractivity contribution < 1.29 is 14.3 Å². The summed E-state index contributed by atoms with van der Waals surface area (Å²) < 4.78 is 5.50. The molecule has 0 radical (unpaired) electrons. The molecule has 138 valence electrons. The number of ether oxygens (including phenoxy) is 1. The largest absolute Gasteiger partial charge is 0.422 e. The summed E-state index contributed by atoms with van der Waals surface area (Å²) in [5.74, 6) is -0.350. The maximum absolute atomic E-state index is 13.1. The zero-order valence-electron chi connectivity index (χ0n) is 15.5. The van der Waals surface area contributed by atoms with Gasteiger partial charge in [-0.05, 0) is 29.2 Å². The van der Waals surface area contributed by atoms with E-state index in [-0.39, 0.29) is 12.3 Å². The van der Waals surface area contributed by atoms with Gasteiger partial charge in [0.2, 0.25) is 5.76 Å². The quantitative estimate of drug-likeness (QED) is 0.613. The first-order valence-corrected chi connectivity index (χ1v) is 9.08. The van der Waals surface area contributed by atoms with Crippen LogP contribution in [0.3, 0.4) is 0 Å². The van der Waals surface area contributed by atoms with Crippen LogP contribution in [-0.2, 0) is 16.1 Å². The van der Waals surface area contributed by atoms with Crippen molar-refractivity contribution in [3.8, 4) is 0 Å². The normalized spacial score (nSPS) is 15.5. The Morgan fingerprint density at radius 3 is 2.11 bits per heavy atom. The van der Waals surface area contributed by atoms with Gasteiger partial charge in [-0.1, -0.05) is 84.9 Å². The number of amides is 2. The van der Waals surface area contributed by atoms with Crippen LogP contribution in [0.2, 0.25) is 0 Å². The van der Waals surface area contributed by atoms with Crippen LogP contribution in [0.25, 0.3) is 5.57 Å². The van der Waals surface area contributed by atoms with Crippen molar-refractivity contribution in [3.05, 3.63) is 113 Å². The zero-order valence-corrected chi connectivity index (χ0v) is 15.5. The lowest BCUT2D eigenvalue weighted by molar-refractivity contribution is -0.123. The van der Waals surface area contributed by atoms with E-state index in [1.807, 2.05) is 91.9 Å². The molecule has 0 saturated carbocycles. The van der Waals surface area contributed by atoms with Gasteiger partial charge in [-0.25, -0.2) is 9.69 Å². The number of carbonyl (C=O) groups is 2. The second kappa shape index (κ2) is 7.53. The molecule has 4 rings (SSSR count). The van der Waals surface area contributed by atoms with Crippen LogP contribution in [0.5, 0.6) is 0 Å². The number of nitrogens with zero attached hydrogens (tertiary/aromatic N) is 1. The van der Waals surface area contributed by atoms with Crippen LogP contribution in [0.4, 0.5) is 4.79 Å². The van der Waals surface area contributed by atoms with E-state index in [0.717, 1.165) is 27.2 Å². The van der Waals surface area contributed by atoms with E-state index in [2.05, 4.69) is 0 Å². The summed E-state index contributed by atoms with van der Waals surface area (Å²) in [6, 6.07) is 26.7. The Balaban J connectivity index is 1.82. The predicted molar refractivity (Wildman–Crippen MR) is 107 cm³/mol. The number of benzene rings is 3. The van der Waals surface area contributed by atoms with E-state index in [9.17, 15) is 9.59 Å². The summed E-state index contributed by atoms with van der Waals surface area (Å²) in [5.41, 5.74) is 4.19. The van der Waals surface area contributed by atoms with Gasteiger partial charge in [0.15, 0.2) is 0 Å². The van der Waals surface area contributed by atoms with E-state index in [1.54, 1.807) is 0 Å². The molecule has 1 fully saturated rings. The van der Waals surface area contributed by atoms with Crippen molar-refractivity contribution in [2.75, 3.05) is 0 Å². The molecule has 0 aliphatic carbocycles. The summed E-state index contributed by atoms with van der Waals surface area (Å²) >= 11 is 0. The van der Waals surface area contributed by atoms with Gasteiger partial charge in [0.1, 0.15) is 0 Å². The molecule has 0 atom stereocenters. The van der Waals surface area contributed by atoms with Crippen molar-refractivity contribution in [1.29, 1.82) is 0 Å². The van der Waals surface area contributed by atoms with Crippen molar-refractivity contribution >= 4 is 17.6 Å². The fourth-order valence-corrected chi connectivity index (χ4v) is 3.32. The average molecular weight is 369 g/mol. The van der Waals surface area contributed by atoms with Crippen LogP contribution in [-0.4, -0.2) is 16.9 Å². The molecule has 0 aromatic heterocycles. The van der Waals surface area contributed by atoms with Crippen molar-refractivity contribution in [1.82, 2.24) is 4.90 Å². The number of aryl methyl sites for hydroxylation is 1. The summed E-state index contributed by atoms with van der Waals surface area (Å²) in [4.78, 5) is 26.8. The lowest BCUT2D eigenvalue weighted by Crippen LogP contribution is -2.28. The van der Waals surface area contributed by atoms with Crippen molar-refractivity contribution in [2.45, 2.75) is 13.5 Å². The molecule has 0 unspecified atom stereocenters. The average Bonchev–Trinajstić information content (AvgIpc) is 2.99. The second-order valence-electron chi connectivity index (χ2n) is 6.63. The smallest absolute Gasteiger partial charge is 0.403 e. The fraction of sp³-hybridized carbons (Fsp3) is 0.0833. The predicted octanol–water partition coefficient (Wildman–Crippen LogP) is 4.93. The SMILES string of the molecule is Cc1ccccc1/C(=C1\OC(=O)N(Cc2ccccc2)C1=O)c1ccccc1. The van der Waals surface area contributed by atoms with Gasteiger partial charge in [-0.15, -0.1) is 0 Å². The highest BCUT2D eigenvalue weighted by Crippen LogP contribution is 2.34. The standard InChI is InChI=1S/C24H19NO3/c1-17-10-8-9-15-20(17)21(19-13-6-3-7-14-19)22-23(26)25(24(27)28-22)16-18-11-4-2-5-12-18/h2-15H,16H2,1H3/b22-21-. The minimum Gasteiger partial charge on any atom is -0.403 e. The van der Waals surface area contributed by atoms with E-state index >= 15 is 0 Å². The Kier molecular flexibility index (Phi) is 4.77. The summed E-state index contributed by atoms with van der Waals surface area (Å²) in [7, 11) is 0. The molecule has 28 heavy (non-hydrogen) atoms. The molecule has 1 saturated heterocycles. The Labute approximate surface area is 163 Å². The Morgan fingerprint density at radius 2 is 1.43 bits per heavy atom. The van der Waals surface area contributed by atoms with E-state index < -0.39 is 12.0 Å². The molecule has 3 aromatic carbocycles. The highest BCUT2D eigenvalue weighted by molar-refractivity contribution is 6.13. The number of carbonyl (C=O) groups excluding carboxylic acids is 2. The van der Waals surface area contributed by atoms with Gasteiger partial charge in [-0.2, -0.15) is 0 Å². The Bertz CT molecular complexity index is 1060. The van der Waals surface area contributed by atoms with E-state index in [4.69, 9.17) is 4.74 Å². The van der Waals surface area contributed by atoms with Gasteiger partial charge < -0.3 is 4.74 Å². The van der Waals surface area contributed by atoms with Crippen molar-refractivity contribution in [3.63, 3.8) is 0 Å². The molecule has 0 N–H and O–H groups in total. The van der Waals surface area contributed by atoms with Gasteiger partial charge in [0.25, 0.3) is 5.91 Å². The third kappa shape index (κ3) is 3.32. The maximum Gasteiger partial charge on any atom is 0.422 e. The summed E-state index contributed by atoms with van der Waals surface area (Å²) in [6.45, 7) is 2.15. The van der Waals surface area contributed by atoms with Crippen LogP contribution < -0.4 is 0 Å². The van der Waals surface area contributed by atoms with Crippen LogP contribution in [0, 0.1) is 6.92 Å². The minimum absolute atomic E-state index is 0.0708. The number of imide groups is 1. The molecule has 2 amide bonds. The van der Waals surface area contributed by atoms with Gasteiger partial charge in [0, 0.05) is 5.57 Å². The minimum atomic E-state index is -0.647. The lowest BCUT2D eigenvalue weighted by atomic mass is 9.93. The van der Waals surface area contributed by atoms with E-state index in [0.29, 0.717) is 5.57 Å². The third-order valence-electron chi connectivity index (χ3n) is 4.74. The van der Waals surface area contributed by atoms with Crippen LogP contribution >= 0.6 is 0 Å². The molecule has 4 heteroatoms. The molecule has 1 heterocycles. The maximum atomic E-state index is 13.1. The highest BCUT2D eigenvalue weighted by atomic mass is 16.6. The topological polar surface area (TPSA) is 46.6 Å². The van der Waals surface area contributed by atoms with Gasteiger partial charge in [0.05, 0.1) is 6.54 Å². The van der Waals surface area contributed by atoms with Crippen LogP contribution in [0.1, 0.15) is 22.3 Å². The highest BCUT2D eigenvalue weighted by Gasteiger charge is 2.39. The third-order valence-corrected chi connectivity index (χ3v) is 4.74. The number of rotatable bonds is 4. The molecule has 0 bridgehead atoms. The monoisotopic (exact) mass is 369 g/mol. The Hall–Kier alpha value is -3.66. The number of hydrogen-bond donors (Lipinski definition) is 0. The van der Waals surface area contributed by atoms with Crippen molar-refractivity contribution in [2.24, 2.45) is 0 Å². The molecule has 1 aliphatic rings. The lowest BCUT2D eigenvalue weighted by Gasteiger charge is -2.13. The fourth-order valence-electron chi connectivity index (χ4n) is 3.32. The first-order chi connectivity index (χ1) is 13.6. The van der Waals surface area contributed by atoms with Crippen LogP contribution in [0.15, 0.2) is 90.7 Å². The second-order valence-corrected chi connectivity index (χ2v) is 6.63. The molecule has 4 nitrogen and oxygen atoms in total. The van der Waals surface area contributed by atoms with Gasteiger partial charge in [-0.3, -0.25) is 4.79 Å². The summed E-state index contributed by atoms with van der Waals surface area (Å²) in [6.07, 6.45) is -0.647. The van der Waals surface area contributed by atoms with Gasteiger partial charge >= 0.3 is 6.09 Å². The molecular weight excluding hydrogens is 350 g/mol. The molecule has 3 aromatic rings. The summed E-state index contributed by atoms with van der Waals surface area (Å²) in [5, 5.41) is 0. The number of hydrogen-bond acceptors (Lipinski definition) is 3. The molecular formula is C24H19NO3. The zero-order chi connectivity index (χ0) is 19.5. The molecule has 1 aliphatic heterocycles. The van der Waals surface area contributed by atoms with E-state index in [1.165, 1.54) is 0 Å².